The number of hydrogen-bond acceptors (Lipinski definition) is 6. The number of benzene rings is 1. The summed E-state index contributed by atoms with van der Waals surface area (Å²) in [5.74, 6) is 0.226. The molecule has 0 unspecified atom stereocenters. The Balaban J connectivity index is 1.61. The molecule has 0 saturated carbocycles. The van der Waals surface area contributed by atoms with E-state index in [1.165, 1.54) is 7.11 Å². The van der Waals surface area contributed by atoms with Gasteiger partial charge in [-0.15, -0.1) is 0 Å². The second-order valence-electron chi connectivity index (χ2n) is 8.90. The third kappa shape index (κ3) is 3.73. The lowest BCUT2D eigenvalue weighted by atomic mass is 9.84. The van der Waals surface area contributed by atoms with Crippen LogP contribution in [0.15, 0.2) is 6.07 Å². The molecule has 0 bridgehead atoms. The topological polar surface area (TPSA) is 60.4 Å². The molecule has 28 heavy (non-hydrogen) atoms. The van der Waals surface area contributed by atoms with E-state index in [1.807, 2.05) is 26.8 Å². The summed E-state index contributed by atoms with van der Waals surface area (Å²) in [5.41, 5.74) is 1.23. The largest absolute Gasteiger partial charge is 0.493 e. The lowest BCUT2D eigenvalue weighted by Crippen LogP contribution is -2.53. The Morgan fingerprint density at radius 2 is 2.04 bits per heavy atom. The number of hydrogen-bond donors (Lipinski definition) is 1. The third-order valence-electron chi connectivity index (χ3n) is 5.70. The Bertz CT molecular complexity index is 730. The summed E-state index contributed by atoms with van der Waals surface area (Å²) in [6.07, 6.45) is 0.132. The van der Waals surface area contributed by atoms with E-state index in [0.29, 0.717) is 43.9 Å². The lowest BCUT2D eigenvalue weighted by Gasteiger charge is -2.47. The molecular weight excluding hydrogens is 365 g/mol. The van der Waals surface area contributed by atoms with Crippen LogP contribution in [0.4, 0.5) is 4.39 Å². The molecule has 3 aliphatic rings. The number of methoxy groups -OCH3 is 1. The molecule has 2 fully saturated rings. The first kappa shape index (κ1) is 19.9. The molecule has 0 aliphatic carbocycles. The molecular formula is C21H30FNO5. The molecule has 6 nitrogen and oxygen atoms in total. The van der Waals surface area contributed by atoms with Crippen molar-refractivity contribution in [3.05, 3.63) is 23.0 Å². The molecule has 1 N–H and O–H groups in total. The monoisotopic (exact) mass is 395 g/mol. The van der Waals surface area contributed by atoms with Gasteiger partial charge in [-0.25, -0.2) is 4.39 Å². The molecule has 3 atom stereocenters. The fourth-order valence-corrected chi connectivity index (χ4v) is 4.33. The van der Waals surface area contributed by atoms with Crippen molar-refractivity contribution in [3.63, 3.8) is 0 Å². The number of fused-ring (bicyclic) bond motifs is 3. The van der Waals surface area contributed by atoms with Crippen molar-refractivity contribution in [3.8, 4) is 11.5 Å². The summed E-state index contributed by atoms with van der Waals surface area (Å²) in [5, 5.41) is 10.7. The number of rotatable bonds is 4. The Morgan fingerprint density at radius 3 is 2.64 bits per heavy atom. The van der Waals surface area contributed by atoms with Gasteiger partial charge in [-0.3, -0.25) is 4.90 Å². The van der Waals surface area contributed by atoms with Gasteiger partial charge in [0, 0.05) is 19.1 Å². The minimum Gasteiger partial charge on any atom is -0.493 e. The first-order valence-electron chi connectivity index (χ1n) is 10.0. The highest BCUT2D eigenvalue weighted by atomic mass is 19.1. The summed E-state index contributed by atoms with van der Waals surface area (Å²) < 4.78 is 37.7. The predicted octanol–water partition coefficient (Wildman–Crippen LogP) is 2.46. The lowest BCUT2D eigenvalue weighted by molar-refractivity contribution is -0.149. The molecule has 156 valence electrons. The van der Waals surface area contributed by atoms with E-state index < -0.39 is 6.10 Å². The summed E-state index contributed by atoms with van der Waals surface area (Å²) in [7, 11) is 1.52. The Morgan fingerprint density at radius 1 is 1.29 bits per heavy atom. The molecule has 4 rings (SSSR count). The number of aliphatic hydroxyl groups excluding tert-OH is 1. The summed E-state index contributed by atoms with van der Waals surface area (Å²) in [4.78, 5) is 2.28. The van der Waals surface area contributed by atoms with Gasteiger partial charge in [0.2, 0.25) is 0 Å². The second-order valence-corrected chi connectivity index (χ2v) is 8.90. The highest BCUT2D eigenvalue weighted by molar-refractivity contribution is 5.51. The summed E-state index contributed by atoms with van der Waals surface area (Å²) >= 11 is 0. The summed E-state index contributed by atoms with van der Waals surface area (Å²) in [6, 6.07) is 1.82. The standard InChI is InChI=1S/C21H30FNO5/c1-21(2,3)28-18-9-23-6-5-13-14(15(23)8-16(18)24)7-17(25-4)20(19(13)22)27-12-10-26-11-12/h7,12,15-16,18,24H,5-6,8-11H2,1-4H3/t15-,16-,18-/m1/s1. The molecule has 1 aromatic carbocycles. The molecule has 0 radical (unpaired) electrons. The molecule has 2 saturated heterocycles. The molecule has 3 aliphatic heterocycles. The minimum absolute atomic E-state index is 0.0527. The Kier molecular flexibility index (Phi) is 5.29. The normalized spacial score (nSPS) is 28.3. The number of aliphatic hydroxyl groups is 1. The predicted molar refractivity (Wildman–Crippen MR) is 101 cm³/mol. The van der Waals surface area contributed by atoms with Gasteiger partial charge in [0.05, 0.1) is 38.1 Å². The number of ether oxygens (including phenoxy) is 4. The fourth-order valence-electron chi connectivity index (χ4n) is 4.33. The van der Waals surface area contributed by atoms with Crippen molar-refractivity contribution in [2.24, 2.45) is 0 Å². The molecule has 0 spiro atoms. The van der Waals surface area contributed by atoms with Gasteiger partial charge in [0.25, 0.3) is 0 Å². The van der Waals surface area contributed by atoms with Crippen molar-refractivity contribution in [2.45, 2.75) is 63.6 Å². The SMILES string of the molecule is COc1cc2c(c(F)c1OC1COC1)CCN1C[C@@H](OC(C)(C)C)[C@H](O)C[C@H]21. The van der Waals surface area contributed by atoms with Crippen LogP contribution in [0, 0.1) is 5.82 Å². The number of piperidine rings is 1. The van der Waals surface area contributed by atoms with E-state index in [9.17, 15) is 5.11 Å². The maximum absolute atomic E-state index is 15.3. The Labute approximate surface area is 165 Å². The quantitative estimate of drug-likeness (QED) is 0.845. The van der Waals surface area contributed by atoms with E-state index in [1.54, 1.807) is 0 Å². The first-order valence-corrected chi connectivity index (χ1v) is 10.0. The van der Waals surface area contributed by atoms with E-state index in [0.717, 1.165) is 12.1 Å². The van der Waals surface area contributed by atoms with Crippen molar-refractivity contribution >= 4 is 0 Å². The average molecular weight is 395 g/mol. The van der Waals surface area contributed by atoms with Gasteiger partial charge < -0.3 is 24.1 Å². The highest BCUT2D eigenvalue weighted by Gasteiger charge is 2.42. The van der Waals surface area contributed by atoms with Crippen LogP contribution in [0.25, 0.3) is 0 Å². The van der Waals surface area contributed by atoms with E-state index in [-0.39, 0.29) is 35.4 Å². The van der Waals surface area contributed by atoms with Crippen LogP contribution in [0.1, 0.15) is 44.4 Å². The number of halogens is 1. The van der Waals surface area contributed by atoms with Gasteiger partial charge >= 0.3 is 0 Å². The fraction of sp³-hybridized carbons (Fsp3) is 0.714. The van der Waals surface area contributed by atoms with Crippen molar-refractivity contribution in [1.82, 2.24) is 4.90 Å². The van der Waals surface area contributed by atoms with Crippen LogP contribution in [0.3, 0.4) is 0 Å². The van der Waals surface area contributed by atoms with Crippen LogP contribution in [0.5, 0.6) is 11.5 Å². The maximum Gasteiger partial charge on any atom is 0.197 e. The van der Waals surface area contributed by atoms with Crippen LogP contribution < -0.4 is 9.47 Å². The van der Waals surface area contributed by atoms with Crippen LogP contribution in [-0.4, -0.2) is 67.3 Å². The van der Waals surface area contributed by atoms with Crippen molar-refractivity contribution in [1.29, 1.82) is 0 Å². The third-order valence-corrected chi connectivity index (χ3v) is 5.70. The zero-order chi connectivity index (χ0) is 20.1. The van der Waals surface area contributed by atoms with Crippen molar-refractivity contribution < 1.29 is 28.4 Å². The van der Waals surface area contributed by atoms with Gasteiger partial charge in [-0.2, -0.15) is 0 Å². The van der Waals surface area contributed by atoms with Crippen LogP contribution in [-0.2, 0) is 15.9 Å². The van der Waals surface area contributed by atoms with Crippen molar-refractivity contribution in [2.75, 3.05) is 33.4 Å². The molecule has 7 heteroatoms. The van der Waals surface area contributed by atoms with Gasteiger partial charge in [0.1, 0.15) is 6.10 Å². The van der Waals surface area contributed by atoms with Crippen LogP contribution in [0.2, 0.25) is 0 Å². The first-order chi connectivity index (χ1) is 13.3. The van der Waals surface area contributed by atoms with E-state index in [2.05, 4.69) is 4.90 Å². The molecule has 0 amide bonds. The zero-order valence-corrected chi connectivity index (χ0v) is 17.0. The van der Waals surface area contributed by atoms with E-state index >= 15 is 4.39 Å². The van der Waals surface area contributed by atoms with Gasteiger partial charge in [-0.1, -0.05) is 0 Å². The highest BCUT2D eigenvalue weighted by Crippen LogP contribution is 2.45. The maximum atomic E-state index is 15.3. The number of nitrogens with zero attached hydrogens (tertiary/aromatic N) is 1. The van der Waals surface area contributed by atoms with Gasteiger partial charge in [-0.05, 0) is 50.8 Å². The van der Waals surface area contributed by atoms with Gasteiger partial charge in [0.15, 0.2) is 17.3 Å². The summed E-state index contributed by atoms with van der Waals surface area (Å²) in [6.45, 7) is 8.27. The second kappa shape index (κ2) is 7.44. The molecule has 0 aromatic heterocycles. The average Bonchev–Trinajstić information content (AvgIpc) is 2.58. The zero-order valence-electron chi connectivity index (χ0n) is 17.0. The smallest absolute Gasteiger partial charge is 0.197 e. The van der Waals surface area contributed by atoms with Crippen LogP contribution >= 0.6 is 0 Å². The molecule has 1 aromatic rings. The Hall–Kier alpha value is -1.41. The van der Waals surface area contributed by atoms with E-state index in [4.69, 9.17) is 18.9 Å². The minimum atomic E-state index is -0.594. The molecule has 3 heterocycles.